The molecule has 0 aliphatic rings. The molecule has 0 unspecified atom stereocenters. The zero-order chi connectivity index (χ0) is 15.4. The first-order valence-corrected chi connectivity index (χ1v) is 7.77. The number of thiazole rings is 1. The highest BCUT2D eigenvalue weighted by molar-refractivity contribution is 7.13. The number of rotatable bonds is 5. The third-order valence-corrected chi connectivity index (χ3v) is 4.06. The lowest BCUT2D eigenvalue weighted by atomic mass is 10.2. The molecule has 0 atom stereocenters. The Labute approximate surface area is 133 Å². The van der Waals surface area contributed by atoms with Crippen LogP contribution in [0.4, 0.5) is 0 Å². The summed E-state index contributed by atoms with van der Waals surface area (Å²) in [6.07, 6.45) is 1.79. The molecule has 0 radical (unpaired) electrons. The summed E-state index contributed by atoms with van der Waals surface area (Å²) in [4.78, 5) is 8.82. The monoisotopic (exact) mass is 312 g/mol. The Hall–Kier alpha value is -2.40. The van der Waals surface area contributed by atoms with Crippen LogP contribution in [0.15, 0.2) is 48.0 Å². The van der Waals surface area contributed by atoms with Gasteiger partial charge in [0.2, 0.25) is 5.88 Å². The van der Waals surface area contributed by atoms with E-state index in [2.05, 4.69) is 9.97 Å². The number of aromatic nitrogens is 2. The minimum atomic E-state index is 0.413. The number of hydrogen-bond donors (Lipinski definition) is 0. The second-order valence-electron chi connectivity index (χ2n) is 4.84. The quantitative estimate of drug-likeness (QED) is 0.711. The Kier molecular flexibility index (Phi) is 4.34. The molecule has 112 valence electrons. The van der Waals surface area contributed by atoms with Crippen molar-refractivity contribution >= 4 is 11.3 Å². The molecule has 0 fully saturated rings. The van der Waals surface area contributed by atoms with Gasteiger partial charge in [-0.05, 0) is 24.6 Å². The molecule has 3 aromatic rings. The average molecular weight is 312 g/mol. The van der Waals surface area contributed by atoms with Gasteiger partial charge in [-0.1, -0.05) is 18.2 Å². The predicted molar refractivity (Wildman–Crippen MR) is 87.4 cm³/mol. The van der Waals surface area contributed by atoms with Gasteiger partial charge in [-0.15, -0.1) is 11.3 Å². The van der Waals surface area contributed by atoms with Crippen molar-refractivity contribution in [1.82, 2.24) is 9.97 Å². The fourth-order valence-corrected chi connectivity index (χ4v) is 2.75. The Morgan fingerprint density at radius 3 is 2.86 bits per heavy atom. The summed E-state index contributed by atoms with van der Waals surface area (Å²) in [5.41, 5.74) is 3.05. The maximum Gasteiger partial charge on any atom is 0.213 e. The van der Waals surface area contributed by atoms with Gasteiger partial charge in [0.15, 0.2) is 0 Å². The van der Waals surface area contributed by atoms with Crippen LogP contribution in [0.5, 0.6) is 11.6 Å². The molecule has 0 aliphatic heterocycles. The zero-order valence-electron chi connectivity index (χ0n) is 12.4. The molecule has 0 spiro atoms. The van der Waals surface area contributed by atoms with Gasteiger partial charge in [0.05, 0.1) is 12.8 Å². The van der Waals surface area contributed by atoms with Crippen molar-refractivity contribution in [2.24, 2.45) is 0 Å². The van der Waals surface area contributed by atoms with Gasteiger partial charge in [-0.3, -0.25) is 0 Å². The van der Waals surface area contributed by atoms with Crippen molar-refractivity contribution in [2.45, 2.75) is 13.5 Å². The summed E-state index contributed by atoms with van der Waals surface area (Å²) in [7, 11) is 1.66. The molecular formula is C17H16N2O2S. The standard InChI is InChI=1S/C17H16N2O2S/c1-12-6-7-16(18-9-12)21-10-14-11-22-17(19-14)13-4-3-5-15(8-13)20-2/h3-9,11H,10H2,1-2H3. The van der Waals surface area contributed by atoms with Crippen LogP contribution in [-0.2, 0) is 6.61 Å². The van der Waals surface area contributed by atoms with E-state index in [9.17, 15) is 0 Å². The molecule has 2 heterocycles. The number of methoxy groups -OCH3 is 1. The smallest absolute Gasteiger partial charge is 0.213 e. The van der Waals surface area contributed by atoms with Crippen molar-refractivity contribution in [3.05, 3.63) is 59.2 Å². The van der Waals surface area contributed by atoms with E-state index >= 15 is 0 Å². The molecule has 0 saturated carbocycles. The Morgan fingerprint density at radius 2 is 2.09 bits per heavy atom. The largest absolute Gasteiger partial charge is 0.497 e. The molecule has 3 rings (SSSR count). The molecule has 4 nitrogen and oxygen atoms in total. The number of nitrogens with zero attached hydrogens (tertiary/aromatic N) is 2. The maximum absolute atomic E-state index is 5.65. The Morgan fingerprint density at radius 1 is 1.18 bits per heavy atom. The van der Waals surface area contributed by atoms with Crippen LogP contribution in [0.25, 0.3) is 10.6 Å². The molecule has 22 heavy (non-hydrogen) atoms. The fraction of sp³-hybridized carbons (Fsp3) is 0.176. The number of aryl methyl sites for hydroxylation is 1. The number of benzene rings is 1. The fourth-order valence-electron chi connectivity index (χ4n) is 1.95. The van der Waals surface area contributed by atoms with Crippen molar-refractivity contribution in [1.29, 1.82) is 0 Å². The summed E-state index contributed by atoms with van der Waals surface area (Å²) in [6, 6.07) is 11.7. The molecule has 2 aromatic heterocycles. The normalized spacial score (nSPS) is 10.5. The molecule has 0 aliphatic carbocycles. The predicted octanol–water partition coefficient (Wildman–Crippen LogP) is 4.10. The maximum atomic E-state index is 5.65. The van der Waals surface area contributed by atoms with Gasteiger partial charge >= 0.3 is 0 Å². The number of ether oxygens (including phenoxy) is 2. The summed E-state index contributed by atoms with van der Waals surface area (Å²) in [6.45, 7) is 2.41. The van der Waals surface area contributed by atoms with Crippen molar-refractivity contribution in [3.8, 4) is 22.2 Å². The van der Waals surface area contributed by atoms with Gasteiger partial charge in [0.25, 0.3) is 0 Å². The summed E-state index contributed by atoms with van der Waals surface area (Å²) in [5, 5.41) is 2.96. The Balaban J connectivity index is 1.69. The highest BCUT2D eigenvalue weighted by atomic mass is 32.1. The first-order valence-electron chi connectivity index (χ1n) is 6.89. The minimum absolute atomic E-state index is 0.413. The average Bonchev–Trinajstić information content (AvgIpc) is 3.03. The number of hydrogen-bond acceptors (Lipinski definition) is 5. The van der Waals surface area contributed by atoms with Gasteiger partial charge in [-0.25, -0.2) is 9.97 Å². The summed E-state index contributed by atoms with van der Waals surface area (Å²) >= 11 is 1.59. The zero-order valence-corrected chi connectivity index (χ0v) is 13.3. The number of pyridine rings is 1. The van der Waals surface area contributed by atoms with Crippen LogP contribution < -0.4 is 9.47 Å². The first-order chi connectivity index (χ1) is 10.7. The van der Waals surface area contributed by atoms with Crippen molar-refractivity contribution in [2.75, 3.05) is 7.11 Å². The lowest BCUT2D eigenvalue weighted by molar-refractivity contribution is 0.290. The van der Waals surface area contributed by atoms with E-state index in [1.807, 2.05) is 48.7 Å². The van der Waals surface area contributed by atoms with E-state index in [1.165, 1.54) is 0 Å². The first kappa shape index (κ1) is 14.5. The molecule has 1 aromatic carbocycles. The second-order valence-corrected chi connectivity index (χ2v) is 5.70. The second kappa shape index (κ2) is 6.58. The van der Waals surface area contributed by atoms with Crippen LogP contribution in [0.3, 0.4) is 0 Å². The van der Waals surface area contributed by atoms with E-state index in [0.717, 1.165) is 27.6 Å². The van der Waals surface area contributed by atoms with Gasteiger partial charge in [0, 0.05) is 23.2 Å². The molecule has 5 heteroatoms. The van der Waals surface area contributed by atoms with Gasteiger partial charge < -0.3 is 9.47 Å². The van der Waals surface area contributed by atoms with Crippen LogP contribution in [0.1, 0.15) is 11.3 Å². The van der Waals surface area contributed by atoms with Crippen molar-refractivity contribution in [3.63, 3.8) is 0 Å². The van der Waals surface area contributed by atoms with Gasteiger partial charge in [0.1, 0.15) is 17.4 Å². The van der Waals surface area contributed by atoms with Gasteiger partial charge in [-0.2, -0.15) is 0 Å². The van der Waals surface area contributed by atoms with E-state index < -0.39 is 0 Å². The summed E-state index contributed by atoms with van der Waals surface area (Å²) in [5.74, 6) is 1.44. The SMILES string of the molecule is COc1cccc(-c2nc(COc3ccc(C)cn3)cs2)c1. The van der Waals surface area contributed by atoms with E-state index in [1.54, 1.807) is 24.6 Å². The highest BCUT2D eigenvalue weighted by Gasteiger charge is 2.07. The van der Waals surface area contributed by atoms with E-state index in [4.69, 9.17) is 9.47 Å². The van der Waals surface area contributed by atoms with Crippen molar-refractivity contribution < 1.29 is 9.47 Å². The van der Waals surface area contributed by atoms with Crippen LogP contribution in [-0.4, -0.2) is 17.1 Å². The third kappa shape index (κ3) is 3.43. The minimum Gasteiger partial charge on any atom is -0.497 e. The molecule has 0 N–H and O–H groups in total. The van der Waals surface area contributed by atoms with Crippen LogP contribution >= 0.6 is 11.3 Å². The molecule has 0 bridgehead atoms. The van der Waals surface area contributed by atoms with Crippen LogP contribution in [0.2, 0.25) is 0 Å². The lowest BCUT2D eigenvalue weighted by Gasteiger charge is -2.03. The van der Waals surface area contributed by atoms with E-state index in [0.29, 0.717) is 12.5 Å². The highest BCUT2D eigenvalue weighted by Crippen LogP contribution is 2.27. The molecule has 0 saturated heterocycles. The topological polar surface area (TPSA) is 44.2 Å². The Bertz CT molecular complexity index is 753. The molecule has 0 amide bonds. The lowest BCUT2D eigenvalue weighted by Crippen LogP contribution is -1.97. The molecular weight excluding hydrogens is 296 g/mol. The van der Waals surface area contributed by atoms with E-state index in [-0.39, 0.29) is 0 Å². The van der Waals surface area contributed by atoms with Crippen LogP contribution in [0, 0.1) is 6.92 Å². The summed E-state index contributed by atoms with van der Waals surface area (Å²) < 4.78 is 10.9. The third-order valence-electron chi connectivity index (χ3n) is 3.12.